The largest absolute Gasteiger partial charge is 0.399 e. The Balaban J connectivity index is 2.26. The van der Waals surface area contributed by atoms with Crippen LogP contribution in [-0.2, 0) is 17.8 Å². The summed E-state index contributed by atoms with van der Waals surface area (Å²) in [5.41, 5.74) is 7.18. The molecule has 0 saturated heterocycles. The van der Waals surface area contributed by atoms with Crippen molar-refractivity contribution in [3.05, 3.63) is 74.9 Å². The number of nitrogen functional groups attached to an aromatic ring is 1. The smallest absolute Gasteiger partial charge is 0.331 e. The number of nitrogens with zero attached hydrogens (tertiary/aromatic N) is 2. The highest BCUT2D eigenvalue weighted by Gasteiger charge is 2.13. The number of ether oxygens (including phenoxy) is 1. The minimum Gasteiger partial charge on any atom is -0.399 e. The van der Waals surface area contributed by atoms with E-state index in [0.29, 0.717) is 23.1 Å². The topological polar surface area (TPSA) is 79.2 Å². The van der Waals surface area contributed by atoms with Gasteiger partial charge < -0.3 is 10.5 Å². The number of fused-ring (bicyclic) bond motifs is 1. The molecule has 0 amide bonds. The van der Waals surface area contributed by atoms with Crippen LogP contribution in [0.1, 0.15) is 5.56 Å². The van der Waals surface area contributed by atoms with Crippen LogP contribution in [0.5, 0.6) is 0 Å². The summed E-state index contributed by atoms with van der Waals surface area (Å²) in [6.45, 7) is 0.870. The Bertz CT molecular complexity index is 974. The summed E-state index contributed by atoms with van der Waals surface area (Å²) in [6.07, 6.45) is 0. The first-order chi connectivity index (χ1) is 11.6. The molecular weight excluding hydrogens is 306 g/mol. The standard InChI is InChI=1S/C18H19N3O3/c1-24-10-9-20-17(22)15-11-14(19)7-8-16(15)21(18(20)23)12-13-5-3-2-4-6-13/h2-8,11H,9-10,12,19H2,1H3. The second-order valence-electron chi connectivity index (χ2n) is 5.58. The van der Waals surface area contributed by atoms with Crippen LogP contribution < -0.4 is 17.0 Å². The number of anilines is 1. The lowest BCUT2D eigenvalue weighted by atomic mass is 10.2. The summed E-state index contributed by atoms with van der Waals surface area (Å²) in [4.78, 5) is 25.5. The Hall–Kier alpha value is -2.86. The van der Waals surface area contributed by atoms with Gasteiger partial charge in [-0.1, -0.05) is 30.3 Å². The van der Waals surface area contributed by atoms with E-state index in [-0.39, 0.29) is 24.4 Å². The number of hydrogen-bond donors (Lipinski definition) is 1. The predicted molar refractivity (Wildman–Crippen MR) is 94.3 cm³/mol. The summed E-state index contributed by atoms with van der Waals surface area (Å²) in [5.74, 6) is 0. The van der Waals surface area contributed by atoms with Crippen molar-refractivity contribution in [2.24, 2.45) is 0 Å². The first kappa shape index (κ1) is 16.0. The molecule has 6 heteroatoms. The SMILES string of the molecule is COCCn1c(=O)c2cc(N)ccc2n(Cc2ccccc2)c1=O. The molecule has 0 aliphatic rings. The first-order valence-corrected chi connectivity index (χ1v) is 7.67. The summed E-state index contributed by atoms with van der Waals surface area (Å²) in [7, 11) is 1.53. The molecule has 0 saturated carbocycles. The molecule has 6 nitrogen and oxygen atoms in total. The fraction of sp³-hybridized carbons (Fsp3) is 0.222. The lowest BCUT2D eigenvalue weighted by Crippen LogP contribution is -2.41. The van der Waals surface area contributed by atoms with Gasteiger partial charge in [0, 0.05) is 12.8 Å². The lowest BCUT2D eigenvalue weighted by molar-refractivity contribution is 0.184. The fourth-order valence-electron chi connectivity index (χ4n) is 2.74. The van der Waals surface area contributed by atoms with Gasteiger partial charge in [0.2, 0.25) is 0 Å². The molecule has 0 unspecified atom stereocenters. The van der Waals surface area contributed by atoms with Gasteiger partial charge in [0.15, 0.2) is 0 Å². The minimum atomic E-state index is -0.349. The Morgan fingerprint density at radius 3 is 2.50 bits per heavy atom. The van der Waals surface area contributed by atoms with Crippen molar-refractivity contribution < 1.29 is 4.74 Å². The maximum Gasteiger partial charge on any atom is 0.331 e. The lowest BCUT2D eigenvalue weighted by Gasteiger charge is -2.14. The molecule has 0 aliphatic heterocycles. The van der Waals surface area contributed by atoms with E-state index in [1.54, 1.807) is 22.8 Å². The molecule has 2 N–H and O–H groups in total. The van der Waals surface area contributed by atoms with Crippen molar-refractivity contribution in [3.8, 4) is 0 Å². The second-order valence-corrected chi connectivity index (χ2v) is 5.58. The zero-order valence-corrected chi connectivity index (χ0v) is 13.4. The molecule has 1 heterocycles. The third-order valence-corrected chi connectivity index (χ3v) is 3.95. The summed E-state index contributed by atoms with van der Waals surface area (Å²) in [6, 6.07) is 14.7. The minimum absolute atomic E-state index is 0.202. The van der Waals surface area contributed by atoms with Gasteiger partial charge in [0.1, 0.15) is 0 Å². The third-order valence-electron chi connectivity index (χ3n) is 3.95. The van der Waals surface area contributed by atoms with Gasteiger partial charge in [-0.3, -0.25) is 13.9 Å². The van der Waals surface area contributed by atoms with Gasteiger partial charge >= 0.3 is 5.69 Å². The van der Waals surface area contributed by atoms with Crippen LogP contribution in [0.25, 0.3) is 10.9 Å². The van der Waals surface area contributed by atoms with Crippen LogP contribution in [0, 0.1) is 0 Å². The molecule has 24 heavy (non-hydrogen) atoms. The van der Waals surface area contributed by atoms with Gasteiger partial charge in [-0.05, 0) is 23.8 Å². The summed E-state index contributed by atoms with van der Waals surface area (Å²) < 4.78 is 7.82. The maximum absolute atomic E-state index is 12.8. The summed E-state index contributed by atoms with van der Waals surface area (Å²) >= 11 is 0. The molecule has 3 rings (SSSR count). The van der Waals surface area contributed by atoms with E-state index in [1.165, 1.54) is 11.7 Å². The Labute approximate surface area is 138 Å². The van der Waals surface area contributed by atoms with E-state index >= 15 is 0 Å². The highest BCUT2D eigenvalue weighted by atomic mass is 16.5. The van der Waals surface area contributed by atoms with Crippen molar-refractivity contribution in [2.75, 3.05) is 19.5 Å². The number of benzene rings is 2. The summed E-state index contributed by atoms with van der Waals surface area (Å²) in [5, 5.41) is 0.432. The van der Waals surface area contributed by atoms with Gasteiger partial charge in [-0.25, -0.2) is 4.79 Å². The van der Waals surface area contributed by atoms with Crippen LogP contribution in [-0.4, -0.2) is 22.9 Å². The third kappa shape index (κ3) is 2.96. The highest BCUT2D eigenvalue weighted by Crippen LogP contribution is 2.14. The molecule has 0 fully saturated rings. The average Bonchev–Trinajstić information content (AvgIpc) is 2.60. The van der Waals surface area contributed by atoms with E-state index in [4.69, 9.17) is 10.5 Å². The van der Waals surface area contributed by atoms with Gasteiger partial charge in [-0.15, -0.1) is 0 Å². The van der Waals surface area contributed by atoms with E-state index in [2.05, 4.69) is 0 Å². The zero-order valence-electron chi connectivity index (χ0n) is 13.4. The van der Waals surface area contributed by atoms with Crippen molar-refractivity contribution in [1.82, 2.24) is 9.13 Å². The van der Waals surface area contributed by atoms with Crippen LogP contribution in [0.15, 0.2) is 58.1 Å². The normalized spacial score (nSPS) is 11.0. The van der Waals surface area contributed by atoms with E-state index < -0.39 is 0 Å². The maximum atomic E-state index is 12.8. The molecule has 0 aliphatic carbocycles. The van der Waals surface area contributed by atoms with Gasteiger partial charge in [0.05, 0.1) is 30.6 Å². The van der Waals surface area contributed by atoms with Crippen LogP contribution in [0.4, 0.5) is 5.69 Å². The predicted octanol–water partition coefficient (Wildman–Crippen LogP) is 1.44. The van der Waals surface area contributed by atoms with Gasteiger partial charge in [0.25, 0.3) is 5.56 Å². The number of hydrogen-bond acceptors (Lipinski definition) is 4. The van der Waals surface area contributed by atoms with Crippen molar-refractivity contribution in [3.63, 3.8) is 0 Å². The molecule has 0 spiro atoms. The average molecular weight is 325 g/mol. The first-order valence-electron chi connectivity index (χ1n) is 7.67. The van der Waals surface area contributed by atoms with Crippen molar-refractivity contribution in [1.29, 1.82) is 0 Å². The fourth-order valence-corrected chi connectivity index (χ4v) is 2.74. The second kappa shape index (κ2) is 6.72. The van der Waals surface area contributed by atoms with E-state index in [9.17, 15) is 9.59 Å². The molecule has 1 aromatic heterocycles. The molecule has 0 atom stereocenters. The number of rotatable bonds is 5. The molecule has 0 bridgehead atoms. The van der Waals surface area contributed by atoms with Gasteiger partial charge in [-0.2, -0.15) is 0 Å². The number of aromatic nitrogens is 2. The van der Waals surface area contributed by atoms with E-state index in [0.717, 1.165) is 5.56 Å². The molecular formula is C18H19N3O3. The zero-order chi connectivity index (χ0) is 17.1. The van der Waals surface area contributed by atoms with Crippen LogP contribution in [0.3, 0.4) is 0 Å². The van der Waals surface area contributed by atoms with Crippen LogP contribution >= 0.6 is 0 Å². The van der Waals surface area contributed by atoms with Crippen LogP contribution in [0.2, 0.25) is 0 Å². The molecule has 0 radical (unpaired) electrons. The number of methoxy groups -OCH3 is 1. The highest BCUT2D eigenvalue weighted by molar-refractivity contribution is 5.81. The molecule has 3 aromatic rings. The molecule has 2 aromatic carbocycles. The quantitative estimate of drug-likeness (QED) is 0.720. The Morgan fingerprint density at radius 1 is 1.04 bits per heavy atom. The monoisotopic (exact) mass is 325 g/mol. The Morgan fingerprint density at radius 2 is 1.79 bits per heavy atom. The molecule has 124 valence electrons. The van der Waals surface area contributed by atoms with E-state index in [1.807, 2.05) is 30.3 Å². The van der Waals surface area contributed by atoms with Crippen molar-refractivity contribution >= 4 is 16.6 Å². The van der Waals surface area contributed by atoms with Crippen molar-refractivity contribution in [2.45, 2.75) is 13.1 Å². The number of nitrogens with two attached hydrogens (primary N) is 1. The Kier molecular flexibility index (Phi) is 4.48.